The third-order valence-corrected chi connectivity index (χ3v) is 4.12. The van der Waals surface area contributed by atoms with Crippen LogP contribution in [-0.2, 0) is 13.0 Å². The first-order valence-electron chi connectivity index (χ1n) is 6.99. The number of nitrogens with zero attached hydrogens (tertiary/aromatic N) is 3. The lowest BCUT2D eigenvalue weighted by atomic mass is 9.98. The smallest absolute Gasteiger partial charge is 0.138 e. The monoisotopic (exact) mass is 287 g/mol. The van der Waals surface area contributed by atoms with Crippen molar-refractivity contribution in [2.24, 2.45) is 0 Å². The summed E-state index contributed by atoms with van der Waals surface area (Å²) >= 11 is 6.27. The molecule has 0 spiro atoms. The van der Waals surface area contributed by atoms with Gasteiger partial charge in [0.2, 0.25) is 0 Å². The predicted octanol–water partition coefficient (Wildman–Crippen LogP) is 3.82. The van der Waals surface area contributed by atoms with Crippen LogP contribution in [0.15, 0.2) is 30.6 Å². The van der Waals surface area contributed by atoms with E-state index in [1.165, 1.54) is 11.1 Å². The van der Waals surface area contributed by atoms with Crippen LogP contribution in [0.5, 0.6) is 0 Å². The highest BCUT2D eigenvalue weighted by Gasteiger charge is 2.22. The van der Waals surface area contributed by atoms with E-state index in [9.17, 15) is 0 Å². The molecule has 0 fully saturated rings. The first-order chi connectivity index (χ1) is 9.66. The van der Waals surface area contributed by atoms with E-state index in [0.29, 0.717) is 11.1 Å². The van der Waals surface area contributed by atoms with E-state index >= 15 is 0 Å². The third kappa shape index (κ3) is 2.38. The molecular formula is C16H18ClN3. The van der Waals surface area contributed by atoms with E-state index < -0.39 is 0 Å². The van der Waals surface area contributed by atoms with E-state index in [1.807, 2.05) is 0 Å². The number of fused-ring (bicyclic) bond motifs is 1. The number of rotatable bonds is 2. The van der Waals surface area contributed by atoms with Crippen molar-refractivity contribution in [1.29, 1.82) is 0 Å². The highest BCUT2D eigenvalue weighted by molar-refractivity contribution is 6.30. The number of halogens is 1. The maximum Gasteiger partial charge on any atom is 0.138 e. The molecule has 20 heavy (non-hydrogen) atoms. The van der Waals surface area contributed by atoms with Gasteiger partial charge in [-0.2, -0.15) is 0 Å². The van der Waals surface area contributed by atoms with Crippen molar-refractivity contribution >= 4 is 17.4 Å². The Balaban J connectivity index is 1.98. The first-order valence-corrected chi connectivity index (χ1v) is 7.36. The molecule has 1 aliphatic heterocycles. The molecule has 0 saturated heterocycles. The molecule has 0 unspecified atom stereocenters. The molecule has 0 saturated carbocycles. The molecule has 0 N–H and O–H groups in total. The Morgan fingerprint density at radius 2 is 1.90 bits per heavy atom. The number of anilines is 1. The van der Waals surface area contributed by atoms with Crippen molar-refractivity contribution in [2.45, 2.75) is 32.7 Å². The Hall–Kier alpha value is -1.61. The summed E-state index contributed by atoms with van der Waals surface area (Å²) in [5, 5.41) is 0.573. The van der Waals surface area contributed by atoms with Crippen LogP contribution in [0.2, 0.25) is 5.15 Å². The van der Waals surface area contributed by atoms with Crippen molar-refractivity contribution in [2.75, 3.05) is 11.4 Å². The highest BCUT2D eigenvalue weighted by atomic mass is 35.5. The maximum absolute atomic E-state index is 6.27. The molecule has 0 amide bonds. The lowest BCUT2D eigenvalue weighted by Crippen LogP contribution is -2.32. The Morgan fingerprint density at radius 3 is 2.65 bits per heavy atom. The highest BCUT2D eigenvalue weighted by Crippen LogP contribution is 2.33. The lowest BCUT2D eigenvalue weighted by molar-refractivity contribution is 0.704. The van der Waals surface area contributed by atoms with E-state index in [2.05, 4.69) is 53.0 Å². The van der Waals surface area contributed by atoms with Gasteiger partial charge in [-0.05, 0) is 23.5 Å². The van der Waals surface area contributed by atoms with Gasteiger partial charge in [0, 0.05) is 18.7 Å². The Labute approximate surface area is 124 Å². The van der Waals surface area contributed by atoms with Crippen LogP contribution >= 0.6 is 11.6 Å². The fourth-order valence-corrected chi connectivity index (χ4v) is 3.14. The van der Waals surface area contributed by atoms with Crippen LogP contribution in [0, 0.1) is 0 Å². The SMILES string of the molecule is CC(C)c1c(Cl)ncnc1N1CCc2ccccc2C1. The van der Waals surface area contributed by atoms with Crippen molar-refractivity contribution < 1.29 is 0 Å². The summed E-state index contributed by atoms with van der Waals surface area (Å²) in [5.74, 6) is 1.30. The zero-order valence-electron chi connectivity index (χ0n) is 11.8. The number of hydrogen-bond donors (Lipinski definition) is 0. The molecule has 2 aromatic rings. The van der Waals surface area contributed by atoms with Gasteiger partial charge >= 0.3 is 0 Å². The van der Waals surface area contributed by atoms with Gasteiger partial charge in [-0.3, -0.25) is 0 Å². The third-order valence-electron chi connectivity index (χ3n) is 3.82. The van der Waals surface area contributed by atoms with Crippen molar-refractivity contribution in [3.63, 3.8) is 0 Å². The van der Waals surface area contributed by atoms with Gasteiger partial charge in [-0.25, -0.2) is 9.97 Å². The van der Waals surface area contributed by atoms with Crippen LogP contribution in [-0.4, -0.2) is 16.5 Å². The molecule has 104 valence electrons. The fraction of sp³-hybridized carbons (Fsp3) is 0.375. The molecule has 4 heteroatoms. The van der Waals surface area contributed by atoms with E-state index in [-0.39, 0.29) is 0 Å². The van der Waals surface area contributed by atoms with Crippen LogP contribution in [0.4, 0.5) is 5.82 Å². The van der Waals surface area contributed by atoms with E-state index in [4.69, 9.17) is 11.6 Å². The van der Waals surface area contributed by atoms with Crippen LogP contribution in [0.3, 0.4) is 0 Å². The minimum Gasteiger partial charge on any atom is -0.352 e. The van der Waals surface area contributed by atoms with Crippen molar-refractivity contribution in [3.8, 4) is 0 Å². The van der Waals surface area contributed by atoms with Gasteiger partial charge in [0.1, 0.15) is 17.3 Å². The number of hydrogen-bond acceptors (Lipinski definition) is 3. The summed E-state index contributed by atoms with van der Waals surface area (Å²) in [7, 11) is 0. The van der Waals surface area contributed by atoms with Gasteiger partial charge in [-0.15, -0.1) is 0 Å². The molecule has 1 aliphatic rings. The van der Waals surface area contributed by atoms with E-state index in [1.54, 1.807) is 6.33 Å². The van der Waals surface area contributed by atoms with E-state index in [0.717, 1.165) is 30.9 Å². The second-order valence-electron chi connectivity index (χ2n) is 5.50. The Kier molecular flexibility index (Phi) is 3.62. The Morgan fingerprint density at radius 1 is 1.15 bits per heavy atom. The van der Waals surface area contributed by atoms with Crippen LogP contribution in [0.1, 0.15) is 36.5 Å². The largest absolute Gasteiger partial charge is 0.352 e. The minimum absolute atomic E-state index is 0.316. The second-order valence-corrected chi connectivity index (χ2v) is 5.85. The number of benzene rings is 1. The van der Waals surface area contributed by atoms with Gasteiger partial charge in [0.05, 0.1) is 0 Å². The summed E-state index contributed by atoms with van der Waals surface area (Å²) in [6, 6.07) is 8.61. The summed E-state index contributed by atoms with van der Waals surface area (Å²) in [6.45, 7) is 6.13. The molecular weight excluding hydrogens is 270 g/mol. The summed E-state index contributed by atoms with van der Waals surface area (Å²) in [5.41, 5.74) is 3.87. The normalized spacial score (nSPS) is 14.5. The molecule has 0 radical (unpaired) electrons. The van der Waals surface area contributed by atoms with Gasteiger partial charge in [0.15, 0.2) is 0 Å². The summed E-state index contributed by atoms with van der Waals surface area (Å²) in [4.78, 5) is 10.9. The van der Waals surface area contributed by atoms with Crippen LogP contribution in [0.25, 0.3) is 0 Å². The maximum atomic E-state index is 6.27. The van der Waals surface area contributed by atoms with Crippen LogP contribution < -0.4 is 4.90 Å². The average Bonchev–Trinajstić information content (AvgIpc) is 2.46. The molecule has 1 aromatic carbocycles. The molecule has 3 rings (SSSR count). The first kappa shape index (κ1) is 13.4. The zero-order chi connectivity index (χ0) is 14.1. The van der Waals surface area contributed by atoms with Crippen molar-refractivity contribution in [1.82, 2.24) is 9.97 Å². The topological polar surface area (TPSA) is 29.0 Å². The fourth-order valence-electron chi connectivity index (χ4n) is 2.79. The molecule has 0 atom stereocenters. The lowest BCUT2D eigenvalue weighted by Gasteiger charge is -2.31. The minimum atomic E-state index is 0.316. The molecule has 0 bridgehead atoms. The molecule has 2 heterocycles. The summed E-state index contributed by atoms with van der Waals surface area (Å²) in [6.07, 6.45) is 2.61. The molecule has 0 aliphatic carbocycles. The molecule has 3 nitrogen and oxygen atoms in total. The number of aromatic nitrogens is 2. The predicted molar refractivity (Wildman–Crippen MR) is 82.3 cm³/mol. The van der Waals surface area contributed by atoms with Gasteiger partial charge in [0.25, 0.3) is 0 Å². The zero-order valence-corrected chi connectivity index (χ0v) is 12.6. The average molecular weight is 288 g/mol. The van der Waals surface area contributed by atoms with Gasteiger partial charge in [-0.1, -0.05) is 49.7 Å². The standard InChI is InChI=1S/C16H18ClN3/c1-11(2)14-15(17)18-10-19-16(14)20-8-7-12-5-3-4-6-13(12)9-20/h3-6,10-11H,7-9H2,1-2H3. The Bertz CT molecular complexity index is 625. The van der Waals surface area contributed by atoms with Crippen molar-refractivity contribution in [3.05, 3.63) is 52.4 Å². The quantitative estimate of drug-likeness (QED) is 0.787. The van der Waals surface area contributed by atoms with Gasteiger partial charge < -0.3 is 4.90 Å². The molecule has 1 aromatic heterocycles. The second kappa shape index (κ2) is 5.41. The summed E-state index contributed by atoms with van der Waals surface area (Å²) < 4.78 is 0.